The maximum absolute atomic E-state index is 13.9. The van der Waals surface area contributed by atoms with Crippen molar-refractivity contribution in [1.82, 2.24) is 0 Å². The summed E-state index contributed by atoms with van der Waals surface area (Å²) >= 11 is 0. The highest BCUT2D eigenvalue weighted by Crippen LogP contribution is 2.38. The Morgan fingerprint density at radius 2 is 1.87 bits per heavy atom. The van der Waals surface area contributed by atoms with E-state index in [-0.39, 0.29) is 29.9 Å². The lowest BCUT2D eigenvalue weighted by Crippen LogP contribution is -2.27. The third kappa shape index (κ3) is 9.18. The van der Waals surface area contributed by atoms with Crippen LogP contribution >= 0.6 is 0 Å². The van der Waals surface area contributed by atoms with Gasteiger partial charge in [-0.1, -0.05) is 31.6 Å². The number of halogens is 2. The highest BCUT2D eigenvalue weighted by atomic mass is 19.3. The Balaban J connectivity index is 2.70. The van der Waals surface area contributed by atoms with Crippen LogP contribution in [-0.2, 0) is 23.9 Å². The Bertz CT molecular complexity index is 627. The van der Waals surface area contributed by atoms with E-state index in [4.69, 9.17) is 4.74 Å². The van der Waals surface area contributed by atoms with Gasteiger partial charge < -0.3 is 9.47 Å². The van der Waals surface area contributed by atoms with Gasteiger partial charge in [-0.05, 0) is 50.5 Å². The first-order valence-electron chi connectivity index (χ1n) is 10.7. The summed E-state index contributed by atoms with van der Waals surface area (Å²) in [7, 11) is 1.35. The summed E-state index contributed by atoms with van der Waals surface area (Å²) < 4.78 is 37.8. The monoisotopic (exact) mass is 428 g/mol. The molecule has 0 heterocycles. The minimum Gasteiger partial charge on any atom is -0.469 e. The Morgan fingerprint density at radius 3 is 2.50 bits per heavy atom. The van der Waals surface area contributed by atoms with Crippen molar-refractivity contribution in [1.29, 1.82) is 0 Å². The molecule has 0 N–H and O–H groups in total. The number of hydrogen-bond donors (Lipinski definition) is 0. The van der Waals surface area contributed by atoms with Crippen molar-refractivity contribution in [3.63, 3.8) is 0 Å². The lowest BCUT2D eigenvalue weighted by molar-refractivity contribution is -0.148. The molecule has 5 nitrogen and oxygen atoms in total. The Hall–Kier alpha value is -2.05. The first-order chi connectivity index (χ1) is 14.2. The standard InChI is InChI=1S/C23H34F2O5/c1-4-5-16-23(24,25)21(27)15-13-18-12-14-20(30-17(2)26)19(18)10-8-6-7-9-11-22(28)29-3/h6,8,13,15,18-20H,4-5,7,9-12,14,16H2,1-3H3/b8-6-,15-13+/t18-,19?,20?/m1/s1. The maximum Gasteiger partial charge on any atom is 0.309 e. The molecule has 30 heavy (non-hydrogen) atoms. The lowest BCUT2D eigenvalue weighted by Gasteiger charge is -2.22. The van der Waals surface area contributed by atoms with E-state index in [1.54, 1.807) is 13.0 Å². The second-order valence-corrected chi connectivity index (χ2v) is 7.76. The van der Waals surface area contributed by atoms with Crippen LogP contribution in [0.25, 0.3) is 0 Å². The highest BCUT2D eigenvalue weighted by molar-refractivity contribution is 5.95. The van der Waals surface area contributed by atoms with Crippen molar-refractivity contribution in [3.8, 4) is 0 Å². The van der Waals surface area contributed by atoms with Crippen molar-refractivity contribution in [2.75, 3.05) is 7.11 Å². The van der Waals surface area contributed by atoms with E-state index in [1.165, 1.54) is 14.0 Å². The van der Waals surface area contributed by atoms with Crippen LogP contribution in [0.4, 0.5) is 8.78 Å². The van der Waals surface area contributed by atoms with Crippen LogP contribution in [0.3, 0.4) is 0 Å². The van der Waals surface area contributed by atoms with Crippen LogP contribution in [0.1, 0.15) is 71.6 Å². The van der Waals surface area contributed by atoms with Crippen molar-refractivity contribution in [3.05, 3.63) is 24.3 Å². The molecule has 0 aromatic heterocycles. The van der Waals surface area contributed by atoms with Crippen LogP contribution in [0.2, 0.25) is 0 Å². The van der Waals surface area contributed by atoms with Crippen LogP contribution < -0.4 is 0 Å². The molecule has 1 saturated carbocycles. The third-order valence-corrected chi connectivity index (χ3v) is 5.38. The van der Waals surface area contributed by atoms with Gasteiger partial charge >= 0.3 is 17.9 Å². The number of ketones is 1. The number of carbonyl (C=O) groups is 3. The van der Waals surface area contributed by atoms with Gasteiger partial charge in [0, 0.05) is 25.7 Å². The van der Waals surface area contributed by atoms with Gasteiger partial charge in [-0.25, -0.2) is 0 Å². The minimum atomic E-state index is -3.34. The number of unbranched alkanes of at least 4 members (excludes halogenated alkanes) is 2. The predicted molar refractivity (Wildman–Crippen MR) is 110 cm³/mol. The normalized spacial score (nSPS) is 22.0. The molecule has 0 aromatic carbocycles. The molecule has 0 saturated heterocycles. The number of allylic oxidation sites excluding steroid dienone is 4. The van der Waals surface area contributed by atoms with E-state index in [1.807, 2.05) is 12.2 Å². The summed E-state index contributed by atoms with van der Waals surface area (Å²) in [6, 6.07) is 0. The molecule has 1 fully saturated rings. The first-order valence-corrected chi connectivity index (χ1v) is 10.7. The van der Waals surface area contributed by atoms with Crippen LogP contribution in [-0.4, -0.2) is 36.9 Å². The number of ether oxygens (including phenoxy) is 2. The predicted octanol–water partition coefficient (Wildman–Crippen LogP) is 5.18. The Labute approximate surface area is 177 Å². The molecule has 0 aromatic rings. The molecule has 2 unspecified atom stereocenters. The number of esters is 2. The third-order valence-electron chi connectivity index (χ3n) is 5.38. The fraction of sp³-hybridized carbons (Fsp3) is 0.696. The summed E-state index contributed by atoms with van der Waals surface area (Å²) in [6.45, 7) is 3.15. The number of alkyl halides is 2. The highest BCUT2D eigenvalue weighted by Gasteiger charge is 2.38. The summed E-state index contributed by atoms with van der Waals surface area (Å²) in [5.74, 6) is -5.31. The second-order valence-electron chi connectivity index (χ2n) is 7.76. The molecule has 0 bridgehead atoms. The Morgan fingerprint density at radius 1 is 1.13 bits per heavy atom. The van der Waals surface area contributed by atoms with E-state index < -0.39 is 18.1 Å². The molecule has 3 atom stereocenters. The zero-order valence-electron chi connectivity index (χ0n) is 18.2. The number of hydrogen-bond acceptors (Lipinski definition) is 5. The van der Waals surface area contributed by atoms with Gasteiger partial charge in [0.25, 0.3) is 0 Å². The van der Waals surface area contributed by atoms with Crippen molar-refractivity contribution in [2.24, 2.45) is 11.8 Å². The number of methoxy groups -OCH3 is 1. The summed E-state index contributed by atoms with van der Waals surface area (Å²) in [6.07, 6.45) is 10.3. The van der Waals surface area contributed by atoms with E-state index in [0.717, 1.165) is 6.08 Å². The van der Waals surface area contributed by atoms with Gasteiger partial charge in [0.2, 0.25) is 5.78 Å². The quantitative estimate of drug-likeness (QED) is 0.175. The maximum atomic E-state index is 13.9. The summed E-state index contributed by atoms with van der Waals surface area (Å²) in [5, 5.41) is 0. The van der Waals surface area contributed by atoms with Gasteiger partial charge in [-0.2, -0.15) is 8.78 Å². The molecule has 0 spiro atoms. The van der Waals surface area contributed by atoms with E-state index in [0.29, 0.717) is 51.4 Å². The molecule has 7 heteroatoms. The van der Waals surface area contributed by atoms with E-state index in [9.17, 15) is 23.2 Å². The van der Waals surface area contributed by atoms with E-state index in [2.05, 4.69) is 4.74 Å². The molecular weight excluding hydrogens is 394 g/mol. The van der Waals surface area contributed by atoms with Gasteiger partial charge in [-0.15, -0.1) is 0 Å². The van der Waals surface area contributed by atoms with E-state index >= 15 is 0 Å². The van der Waals surface area contributed by atoms with Crippen molar-refractivity contribution < 1.29 is 32.6 Å². The molecular formula is C23H34F2O5. The summed E-state index contributed by atoms with van der Waals surface area (Å²) in [5.41, 5.74) is 0. The smallest absolute Gasteiger partial charge is 0.309 e. The topological polar surface area (TPSA) is 69.7 Å². The second kappa shape index (κ2) is 13.3. The summed E-state index contributed by atoms with van der Waals surface area (Å²) in [4.78, 5) is 34.4. The molecule has 0 amide bonds. The van der Waals surface area contributed by atoms with Crippen molar-refractivity contribution in [2.45, 2.75) is 83.7 Å². The largest absolute Gasteiger partial charge is 0.469 e. The van der Waals surface area contributed by atoms with Gasteiger partial charge in [0.05, 0.1) is 7.11 Å². The van der Waals surface area contributed by atoms with Crippen molar-refractivity contribution >= 4 is 17.7 Å². The molecule has 170 valence electrons. The van der Waals surface area contributed by atoms with Crippen LogP contribution in [0.15, 0.2) is 24.3 Å². The first kappa shape index (κ1) is 26.0. The van der Waals surface area contributed by atoms with Gasteiger partial charge in [-0.3, -0.25) is 14.4 Å². The fourth-order valence-corrected chi connectivity index (χ4v) is 3.68. The molecule has 0 radical (unpaired) electrons. The zero-order valence-corrected chi connectivity index (χ0v) is 18.2. The number of rotatable bonds is 13. The van der Waals surface area contributed by atoms with Crippen LogP contribution in [0.5, 0.6) is 0 Å². The van der Waals surface area contributed by atoms with Gasteiger partial charge in [0.15, 0.2) is 0 Å². The zero-order chi connectivity index (χ0) is 22.6. The average Bonchev–Trinajstić information content (AvgIpc) is 3.07. The lowest BCUT2D eigenvalue weighted by atomic mass is 9.90. The SMILES string of the molecule is CCCCC(F)(F)C(=O)/C=C/[C@H]1CCC(OC(C)=O)C1C/C=C\CCCC(=O)OC. The molecule has 0 aliphatic heterocycles. The fourth-order valence-electron chi connectivity index (χ4n) is 3.68. The van der Waals surface area contributed by atoms with Crippen LogP contribution in [0, 0.1) is 11.8 Å². The Kier molecular flexibility index (Phi) is 11.5. The molecule has 1 aliphatic carbocycles. The average molecular weight is 429 g/mol. The molecule has 1 aliphatic rings. The minimum absolute atomic E-state index is 0.0703. The molecule has 1 rings (SSSR count). The van der Waals surface area contributed by atoms with Gasteiger partial charge in [0.1, 0.15) is 6.10 Å². The number of carbonyl (C=O) groups excluding carboxylic acids is 3.